The van der Waals surface area contributed by atoms with E-state index in [-0.39, 0.29) is 29.5 Å². The van der Waals surface area contributed by atoms with Gasteiger partial charge in [0.1, 0.15) is 0 Å². The van der Waals surface area contributed by atoms with Gasteiger partial charge in [-0.1, -0.05) is 13.0 Å². The zero-order valence-corrected chi connectivity index (χ0v) is 18.0. The zero-order chi connectivity index (χ0) is 23.5. The van der Waals surface area contributed by atoms with Crippen molar-refractivity contribution in [3.8, 4) is 0 Å². The summed E-state index contributed by atoms with van der Waals surface area (Å²) in [5.41, 5.74) is 0.512. The number of hydrogen-bond acceptors (Lipinski definition) is 4. The van der Waals surface area contributed by atoms with Crippen molar-refractivity contribution in [1.82, 2.24) is 4.72 Å². The van der Waals surface area contributed by atoms with Gasteiger partial charge in [-0.15, -0.1) is 0 Å². The van der Waals surface area contributed by atoms with Crippen molar-refractivity contribution < 1.29 is 31.2 Å². The van der Waals surface area contributed by atoms with Gasteiger partial charge in [-0.25, -0.2) is 13.1 Å². The van der Waals surface area contributed by atoms with Gasteiger partial charge in [0, 0.05) is 37.3 Å². The zero-order valence-electron chi connectivity index (χ0n) is 17.2. The van der Waals surface area contributed by atoms with E-state index >= 15 is 0 Å². The molecule has 0 atom stereocenters. The number of sulfonamides is 1. The van der Waals surface area contributed by atoms with Crippen LogP contribution in [-0.2, 0) is 32.2 Å². The Hall–Kier alpha value is -2.92. The Labute approximate surface area is 183 Å². The summed E-state index contributed by atoms with van der Waals surface area (Å²) in [6.45, 7) is 2.02. The van der Waals surface area contributed by atoms with Crippen molar-refractivity contribution in [1.29, 1.82) is 0 Å². The first-order valence-corrected chi connectivity index (χ1v) is 11.4. The summed E-state index contributed by atoms with van der Waals surface area (Å²) in [6.07, 6.45) is -3.90. The predicted molar refractivity (Wildman–Crippen MR) is 113 cm³/mol. The number of anilines is 2. The van der Waals surface area contributed by atoms with Crippen molar-refractivity contribution in [3.63, 3.8) is 0 Å². The molecule has 0 saturated carbocycles. The summed E-state index contributed by atoms with van der Waals surface area (Å²) in [6, 6.07) is 8.66. The van der Waals surface area contributed by atoms with Crippen LogP contribution in [0.15, 0.2) is 47.4 Å². The number of alkyl halides is 3. The number of benzene rings is 2. The molecule has 2 aromatic rings. The Balaban J connectivity index is 1.58. The van der Waals surface area contributed by atoms with Crippen LogP contribution in [0.1, 0.15) is 30.9 Å². The summed E-state index contributed by atoms with van der Waals surface area (Å²) < 4.78 is 65.7. The van der Waals surface area contributed by atoms with E-state index in [9.17, 15) is 31.2 Å². The summed E-state index contributed by atoms with van der Waals surface area (Å²) in [5.74, 6) is -0.668. The molecular weight excluding hydrogens is 447 g/mol. The van der Waals surface area contributed by atoms with Gasteiger partial charge >= 0.3 is 6.18 Å². The molecule has 1 heterocycles. The van der Waals surface area contributed by atoms with Crippen LogP contribution in [0.4, 0.5) is 24.5 Å². The highest BCUT2D eigenvalue weighted by Gasteiger charge is 2.30. The fourth-order valence-corrected chi connectivity index (χ4v) is 4.46. The summed E-state index contributed by atoms with van der Waals surface area (Å²) in [7, 11) is -3.90. The van der Waals surface area contributed by atoms with Crippen molar-refractivity contribution in [2.24, 2.45) is 0 Å². The highest BCUT2D eigenvalue weighted by molar-refractivity contribution is 7.89. The van der Waals surface area contributed by atoms with E-state index in [0.717, 1.165) is 17.7 Å². The van der Waals surface area contributed by atoms with Crippen LogP contribution in [0, 0.1) is 0 Å². The fourth-order valence-electron chi connectivity index (χ4n) is 3.37. The molecule has 0 saturated heterocycles. The van der Waals surface area contributed by atoms with Crippen LogP contribution in [0.3, 0.4) is 0 Å². The van der Waals surface area contributed by atoms with Gasteiger partial charge in [-0.3, -0.25) is 9.59 Å². The quantitative estimate of drug-likeness (QED) is 0.651. The molecule has 0 radical (unpaired) electrons. The summed E-state index contributed by atoms with van der Waals surface area (Å²) >= 11 is 0. The third-order valence-electron chi connectivity index (χ3n) is 4.98. The lowest BCUT2D eigenvalue weighted by Gasteiger charge is -2.16. The van der Waals surface area contributed by atoms with E-state index in [1.807, 2.05) is 0 Å². The van der Waals surface area contributed by atoms with E-state index in [1.165, 1.54) is 24.3 Å². The molecule has 172 valence electrons. The highest BCUT2D eigenvalue weighted by atomic mass is 32.2. The smallest absolute Gasteiger partial charge is 0.326 e. The van der Waals surface area contributed by atoms with E-state index in [0.29, 0.717) is 25.1 Å². The normalized spacial score (nSPS) is 13.7. The second-order valence-electron chi connectivity index (χ2n) is 7.21. The van der Waals surface area contributed by atoms with Crippen molar-refractivity contribution >= 4 is 33.2 Å². The van der Waals surface area contributed by atoms with Gasteiger partial charge in [0.25, 0.3) is 0 Å². The van der Waals surface area contributed by atoms with Crippen LogP contribution in [-0.4, -0.2) is 33.3 Å². The number of nitrogens with zero attached hydrogens (tertiary/aromatic N) is 1. The summed E-state index contributed by atoms with van der Waals surface area (Å²) in [5, 5.41) is 2.32. The lowest BCUT2D eigenvalue weighted by atomic mass is 10.2. The molecule has 0 bridgehead atoms. The standard InChI is InChI=1S/C21H22F3N3O4S/c1-2-20(29)27-11-9-14-12-17(6-7-18(14)27)32(30,31)25-10-8-19(28)26-16-5-3-4-15(13-16)21(22,23)24/h3-7,12-13,25H,2,8-11H2,1H3,(H,26,28). The second kappa shape index (κ2) is 9.29. The minimum Gasteiger partial charge on any atom is -0.326 e. The average molecular weight is 469 g/mol. The fraction of sp³-hybridized carbons (Fsp3) is 0.333. The number of carbonyl (C=O) groups is 2. The molecule has 1 aliphatic heterocycles. The van der Waals surface area contributed by atoms with Crippen molar-refractivity contribution in [2.45, 2.75) is 37.3 Å². The van der Waals surface area contributed by atoms with Crippen LogP contribution in [0.2, 0.25) is 0 Å². The predicted octanol–water partition coefficient (Wildman–Crippen LogP) is 3.31. The topological polar surface area (TPSA) is 95.6 Å². The molecule has 0 spiro atoms. The number of halogens is 3. The van der Waals surface area contributed by atoms with Gasteiger partial charge < -0.3 is 10.2 Å². The van der Waals surface area contributed by atoms with Gasteiger partial charge in [0.15, 0.2) is 0 Å². The van der Waals surface area contributed by atoms with Gasteiger partial charge in [-0.05, 0) is 48.4 Å². The lowest BCUT2D eigenvalue weighted by Crippen LogP contribution is -2.28. The molecular formula is C21H22F3N3O4S. The van der Waals surface area contributed by atoms with Crippen LogP contribution < -0.4 is 14.9 Å². The maximum absolute atomic E-state index is 12.8. The molecule has 0 unspecified atom stereocenters. The molecule has 7 nitrogen and oxygen atoms in total. The average Bonchev–Trinajstić information content (AvgIpc) is 3.16. The Bertz CT molecular complexity index is 1130. The van der Waals surface area contributed by atoms with Crippen molar-refractivity contribution in [3.05, 3.63) is 53.6 Å². The minimum atomic E-state index is -4.53. The molecule has 2 aromatic carbocycles. The molecule has 2 amide bonds. The number of rotatable bonds is 7. The van der Waals surface area contributed by atoms with E-state index in [1.54, 1.807) is 17.9 Å². The van der Waals surface area contributed by atoms with Gasteiger partial charge in [0.05, 0.1) is 10.5 Å². The number of hydrogen-bond donors (Lipinski definition) is 2. The van der Waals surface area contributed by atoms with Crippen molar-refractivity contribution in [2.75, 3.05) is 23.3 Å². The number of fused-ring (bicyclic) bond motifs is 1. The van der Waals surface area contributed by atoms with Gasteiger partial charge in [0.2, 0.25) is 21.8 Å². The highest BCUT2D eigenvalue weighted by Crippen LogP contribution is 2.31. The first-order valence-electron chi connectivity index (χ1n) is 9.91. The SMILES string of the molecule is CCC(=O)N1CCc2cc(S(=O)(=O)NCCC(=O)Nc3cccc(C(F)(F)F)c3)ccc21. The lowest BCUT2D eigenvalue weighted by molar-refractivity contribution is -0.137. The number of carbonyl (C=O) groups excluding carboxylic acids is 2. The largest absolute Gasteiger partial charge is 0.416 e. The third kappa shape index (κ3) is 5.46. The molecule has 3 rings (SSSR count). The first kappa shape index (κ1) is 23.7. The maximum Gasteiger partial charge on any atom is 0.416 e. The van der Waals surface area contributed by atoms with E-state index in [2.05, 4.69) is 10.0 Å². The molecule has 1 aliphatic rings. The Morgan fingerprint density at radius 1 is 1.12 bits per heavy atom. The summed E-state index contributed by atoms with van der Waals surface area (Å²) in [4.78, 5) is 25.6. The van der Waals surface area contributed by atoms with Crippen LogP contribution in [0.5, 0.6) is 0 Å². The maximum atomic E-state index is 12.8. The Morgan fingerprint density at radius 2 is 1.88 bits per heavy atom. The molecule has 0 aliphatic carbocycles. The molecule has 0 fully saturated rings. The molecule has 11 heteroatoms. The second-order valence-corrected chi connectivity index (χ2v) is 8.98. The molecule has 0 aromatic heterocycles. The van der Waals surface area contributed by atoms with Crippen LogP contribution in [0.25, 0.3) is 0 Å². The van der Waals surface area contributed by atoms with E-state index in [4.69, 9.17) is 0 Å². The first-order chi connectivity index (χ1) is 15.0. The third-order valence-corrected chi connectivity index (χ3v) is 6.44. The van der Waals surface area contributed by atoms with Gasteiger partial charge in [-0.2, -0.15) is 13.2 Å². The number of nitrogens with one attached hydrogen (secondary N) is 2. The monoisotopic (exact) mass is 469 g/mol. The minimum absolute atomic E-state index is 0.0142. The Morgan fingerprint density at radius 3 is 2.56 bits per heavy atom. The Kier molecular flexibility index (Phi) is 6.89. The van der Waals surface area contributed by atoms with Crippen LogP contribution >= 0.6 is 0 Å². The van der Waals surface area contributed by atoms with E-state index < -0.39 is 27.7 Å². The molecule has 2 N–H and O–H groups in total. The molecule has 32 heavy (non-hydrogen) atoms. The number of amides is 2.